The molecule has 1 aromatic heterocycles. The molecular weight excluding hydrogens is 454 g/mol. The minimum atomic E-state index is -0.942. The number of rotatable bonds is 5. The lowest BCUT2D eigenvalue weighted by Gasteiger charge is -2.15. The second kappa shape index (κ2) is 8.91. The maximum atomic E-state index is 14.5. The summed E-state index contributed by atoms with van der Waals surface area (Å²) < 4.78 is 39.3. The Labute approximate surface area is 191 Å². The zero-order valence-corrected chi connectivity index (χ0v) is 18.2. The predicted octanol–water partition coefficient (Wildman–Crippen LogP) is 5.19. The van der Waals surface area contributed by atoms with E-state index in [1.54, 1.807) is 18.2 Å². The molecule has 0 unspecified atom stereocenters. The Hall–Kier alpha value is -3.91. The molecule has 0 spiro atoms. The van der Waals surface area contributed by atoms with Gasteiger partial charge >= 0.3 is 0 Å². The molecule has 0 aliphatic heterocycles. The molecule has 9 heteroatoms. The van der Waals surface area contributed by atoms with Crippen LogP contribution in [-0.4, -0.2) is 24.7 Å². The van der Waals surface area contributed by atoms with Crippen LogP contribution < -0.4 is 20.3 Å². The zero-order valence-electron chi connectivity index (χ0n) is 17.5. The number of pyridine rings is 1. The van der Waals surface area contributed by atoms with Crippen LogP contribution in [0.1, 0.15) is 10.4 Å². The Kier molecular flexibility index (Phi) is 6.02. The highest BCUT2D eigenvalue weighted by Crippen LogP contribution is 2.36. The van der Waals surface area contributed by atoms with Gasteiger partial charge in [0.15, 0.2) is 0 Å². The van der Waals surface area contributed by atoms with Crippen molar-refractivity contribution >= 4 is 34.0 Å². The number of ether oxygens (including phenoxy) is 2. The molecule has 0 bridgehead atoms. The number of amides is 1. The van der Waals surface area contributed by atoms with Crippen LogP contribution in [0, 0.1) is 11.6 Å². The number of nitrogens with zero attached hydrogens (tertiary/aromatic N) is 1. The maximum Gasteiger partial charge on any atom is 0.263 e. The molecule has 3 aromatic carbocycles. The van der Waals surface area contributed by atoms with E-state index in [9.17, 15) is 18.4 Å². The minimum absolute atomic E-state index is 0.0860. The third kappa shape index (κ3) is 4.12. The molecule has 0 atom stereocenters. The van der Waals surface area contributed by atoms with Crippen molar-refractivity contribution in [3.8, 4) is 17.2 Å². The topological polar surface area (TPSA) is 69.6 Å². The van der Waals surface area contributed by atoms with E-state index in [4.69, 9.17) is 21.1 Å². The van der Waals surface area contributed by atoms with E-state index in [0.29, 0.717) is 23.0 Å². The second-order valence-corrected chi connectivity index (χ2v) is 7.41. The second-order valence-electron chi connectivity index (χ2n) is 7.00. The summed E-state index contributed by atoms with van der Waals surface area (Å²) in [6.07, 6.45) is 1.22. The molecule has 0 fully saturated rings. The predicted molar refractivity (Wildman–Crippen MR) is 122 cm³/mol. The van der Waals surface area contributed by atoms with E-state index in [1.165, 1.54) is 38.6 Å². The quantitative estimate of drug-likeness (QED) is 0.435. The smallest absolute Gasteiger partial charge is 0.263 e. The molecular formula is C24H17ClF2N2O4. The Morgan fingerprint density at radius 1 is 0.970 bits per heavy atom. The van der Waals surface area contributed by atoms with Crippen LogP contribution in [0.15, 0.2) is 65.6 Å². The van der Waals surface area contributed by atoms with Gasteiger partial charge in [0.1, 0.15) is 23.1 Å². The lowest BCUT2D eigenvalue weighted by atomic mass is 10.1. The molecule has 4 rings (SSSR count). The van der Waals surface area contributed by atoms with Crippen LogP contribution in [0.2, 0.25) is 5.02 Å². The molecule has 4 aromatic rings. The summed E-state index contributed by atoms with van der Waals surface area (Å²) in [4.78, 5) is 26.3. The number of halogens is 3. The van der Waals surface area contributed by atoms with Crippen molar-refractivity contribution in [3.63, 3.8) is 0 Å². The third-order valence-electron chi connectivity index (χ3n) is 5.06. The number of carbonyl (C=O) groups is 1. The Morgan fingerprint density at radius 2 is 1.67 bits per heavy atom. The number of anilines is 1. The molecule has 33 heavy (non-hydrogen) atoms. The average Bonchev–Trinajstić information content (AvgIpc) is 2.80. The van der Waals surface area contributed by atoms with Gasteiger partial charge < -0.3 is 14.8 Å². The summed E-state index contributed by atoms with van der Waals surface area (Å²) >= 11 is 6.19. The summed E-state index contributed by atoms with van der Waals surface area (Å²) in [5.41, 5.74) is -0.394. The van der Waals surface area contributed by atoms with Gasteiger partial charge in [-0.25, -0.2) is 8.78 Å². The molecule has 1 N–H and O–H groups in total. The molecule has 1 amide bonds. The molecule has 0 saturated carbocycles. The van der Waals surface area contributed by atoms with Crippen molar-refractivity contribution in [1.29, 1.82) is 0 Å². The van der Waals surface area contributed by atoms with Crippen LogP contribution in [0.5, 0.6) is 11.5 Å². The number of carbonyl (C=O) groups excluding carboxylic acids is 1. The van der Waals surface area contributed by atoms with Crippen molar-refractivity contribution in [2.24, 2.45) is 0 Å². The van der Waals surface area contributed by atoms with E-state index in [0.717, 1.165) is 16.7 Å². The number of aromatic nitrogens is 1. The summed E-state index contributed by atoms with van der Waals surface area (Å²) in [5.74, 6) is -1.67. The highest BCUT2D eigenvalue weighted by Gasteiger charge is 2.19. The first-order valence-corrected chi connectivity index (χ1v) is 10.0. The fraction of sp³-hybridized carbons (Fsp3) is 0.0833. The number of fused-ring (bicyclic) bond motifs is 1. The first-order chi connectivity index (χ1) is 15.8. The van der Waals surface area contributed by atoms with Crippen molar-refractivity contribution in [2.45, 2.75) is 0 Å². The van der Waals surface area contributed by atoms with E-state index in [1.807, 2.05) is 0 Å². The van der Waals surface area contributed by atoms with Gasteiger partial charge in [-0.2, -0.15) is 0 Å². The molecule has 0 saturated heterocycles. The summed E-state index contributed by atoms with van der Waals surface area (Å²) in [6, 6.07) is 12.3. The fourth-order valence-electron chi connectivity index (χ4n) is 3.48. The van der Waals surface area contributed by atoms with Crippen molar-refractivity contribution in [3.05, 3.63) is 93.4 Å². The average molecular weight is 471 g/mol. The highest BCUT2D eigenvalue weighted by molar-refractivity contribution is 6.32. The lowest BCUT2D eigenvalue weighted by Crippen LogP contribution is -2.23. The van der Waals surface area contributed by atoms with Gasteiger partial charge in [0.2, 0.25) is 0 Å². The van der Waals surface area contributed by atoms with E-state index < -0.39 is 23.1 Å². The minimum Gasteiger partial charge on any atom is -0.495 e. The van der Waals surface area contributed by atoms with Crippen LogP contribution in [0.25, 0.3) is 16.5 Å². The van der Waals surface area contributed by atoms with Gasteiger partial charge in [-0.15, -0.1) is 0 Å². The van der Waals surface area contributed by atoms with Crippen molar-refractivity contribution in [1.82, 2.24) is 4.57 Å². The maximum absolute atomic E-state index is 14.5. The van der Waals surface area contributed by atoms with Gasteiger partial charge in [-0.05, 0) is 24.3 Å². The van der Waals surface area contributed by atoms with Gasteiger partial charge in [0.25, 0.3) is 11.5 Å². The standard InChI is InChI=1S/C24H17ClF2N2O4/c1-32-21-11-22(33-2)19(10-17(21)25)28-23(30)16-12-29(20-8-7-13(26)9-18(20)27)24(31)15-6-4-3-5-14(15)16/h3-12H,1-2H3,(H,28,30). The third-order valence-corrected chi connectivity index (χ3v) is 5.36. The normalized spacial score (nSPS) is 10.8. The molecule has 0 aliphatic carbocycles. The van der Waals surface area contributed by atoms with Crippen molar-refractivity contribution < 1.29 is 23.0 Å². The molecule has 168 valence electrons. The molecule has 0 radical (unpaired) electrons. The van der Waals surface area contributed by atoms with Crippen LogP contribution >= 0.6 is 11.6 Å². The monoisotopic (exact) mass is 470 g/mol. The van der Waals surface area contributed by atoms with Gasteiger partial charge in [-0.1, -0.05) is 29.8 Å². The van der Waals surface area contributed by atoms with E-state index in [-0.39, 0.29) is 27.3 Å². The first kappa shape index (κ1) is 22.3. The highest BCUT2D eigenvalue weighted by atomic mass is 35.5. The Balaban J connectivity index is 1.87. The van der Waals surface area contributed by atoms with E-state index in [2.05, 4.69) is 5.32 Å². The zero-order chi connectivity index (χ0) is 23.7. The van der Waals surface area contributed by atoms with Crippen LogP contribution in [-0.2, 0) is 0 Å². The van der Waals surface area contributed by atoms with Crippen LogP contribution in [0.3, 0.4) is 0 Å². The van der Waals surface area contributed by atoms with Gasteiger partial charge in [-0.3, -0.25) is 14.2 Å². The number of nitrogens with one attached hydrogen (secondary N) is 1. The molecule has 0 aliphatic rings. The fourth-order valence-corrected chi connectivity index (χ4v) is 3.72. The number of hydrogen-bond acceptors (Lipinski definition) is 4. The summed E-state index contributed by atoms with van der Waals surface area (Å²) in [7, 11) is 2.87. The Morgan fingerprint density at radius 3 is 2.33 bits per heavy atom. The van der Waals surface area contributed by atoms with Crippen LogP contribution in [0.4, 0.5) is 14.5 Å². The van der Waals surface area contributed by atoms with Gasteiger partial charge in [0.05, 0.1) is 36.2 Å². The number of benzene rings is 3. The van der Waals surface area contributed by atoms with Gasteiger partial charge in [0, 0.05) is 29.1 Å². The number of hydrogen-bond donors (Lipinski definition) is 1. The largest absolute Gasteiger partial charge is 0.495 e. The Bertz CT molecular complexity index is 1450. The van der Waals surface area contributed by atoms with Crippen molar-refractivity contribution in [2.75, 3.05) is 19.5 Å². The first-order valence-electron chi connectivity index (χ1n) is 9.66. The number of methoxy groups -OCH3 is 2. The lowest BCUT2D eigenvalue weighted by molar-refractivity contribution is 0.102. The SMILES string of the molecule is COc1cc(OC)c(NC(=O)c2cn(-c3ccc(F)cc3F)c(=O)c3ccccc23)cc1Cl. The molecule has 6 nitrogen and oxygen atoms in total. The summed E-state index contributed by atoms with van der Waals surface area (Å²) in [6.45, 7) is 0. The summed E-state index contributed by atoms with van der Waals surface area (Å²) in [5, 5.41) is 3.51. The molecule has 1 heterocycles. The van der Waals surface area contributed by atoms with E-state index >= 15 is 0 Å².